The minimum atomic E-state index is -0.195. The minimum Gasteiger partial charge on any atom is -0.482 e. The first-order chi connectivity index (χ1) is 10.5. The van der Waals surface area contributed by atoms with Gasteiger partial charge >= 0.3 is 0 Å². The number of ether oxygens (including phenoxy) is 1. The molecular weight excluding hydrogens is 282 g/mol. The zero-order chi connectivity index (χ0) is 16.5. The number of hydrogen-bond donors (Lipinski definition) is 3. The van der Waals surface area contributed by atoms with Crippen molar-refractivity contribution in [2.75, 3.05) is 18.9 Å². The number of nitrogens with one attached hydrogen (secondary N) is 2. The van der Waals surface area contributed by atoms with Crippen molar-refractivity contribution in [1.29, 1.82) is 0 Å². The third-order valence-corrected chi connectivity index (χ3v) is 3.19. The van der Waals surface area contributed by atoms with Gasteiger partial charge in [-0.1, -0.05) is 13.8 Å². The smallest absolute Gasteiger partial charge is 0.257 e. The Hall–Kier alpha value is -2.24. The first kappa shape index (κ1) is 17.8. The fraction of sp³-hybridized carbons (Fsp3) is 0.500. The Morgan fingerprint density at radius 1 is 1.32 bits per heavy atom. The van der Waals surface area contributed by atoms with Crippen LogP contribution in [0.1, 0.15) is 44.0 Å². The molecule has 4 N–H and O–H groups in total. The predicted octanol–water partition coefficient (Wildman–Crippen LogP) is 1.70. The molecular formula is C16H25N3O3. The summed E-state index contributed by atoms with van der Waals surface area (Å²) in [5.41, 5.74) is 6.68. The minimum absolute atomic E-state index is 0.0946. The number of rotatable bonds is 8. The van der Waals surface area contributed by atoms with E-state index in [0.29, 0.717) is 23.5 Å². The second kappa shape index (κ2) is 8.92. The Labute approximate surface area is 131 Å². The van der Waals surface area contributed by atoms with Crippen molar-refractivity contribution in [2.24, 2.45) is 0 Å². The lowest BCUT2D eigenvalue weighted by atomic mass is 10.1. The molecule has 0 aliphatic heterocycles. The fourth-order valence-electron chi connectivity index (χ4n) is 1.69. The molecule has 1 atom stereocenters. The fourth-order valence-corrected chi connectivity index (χ4v) is 1.69. The van der Waals surface area contributed by atoms with E-state index < -0.39 is 0 Å². The highest BCUT2D eigenvalue weighted by Gasteiger charge is 2.11. The zero-order valence-corrected chi connectivity index (χ0v) is 13.4. The second-order valence-electron chi connectivity index (χ2n) is 5.17. The molecule has 1 rings (SSSR count). The SMILES string of the molecule is CCCNC(=O)COc1ccc(C(=O)NC(C)CC)cc1N. The molecule has 1 aromatic rings. The van der Waals surface area contributed by atoms with Gasteiger partial charge in [-0.2, -0.15) is 0 Å². The monoisotopic (exact) mass is 307 g/mol. The van der Waals surface area contributed by atoms with Crippen molar-refractivity contribution in [2.45, 2.75) is 39.7 Å². The molecule has 0 saturated carbocycles. The summed E-state index contributed by atoms with van der Waals surface area (Å²) in [6.45, 7) is 6.44. The lowest BCUT2D eigenvalue weighted by Crippen LogP contribution is -2.32. The van der Waals surface area contributed by atoms with Crippen LogP contribution in [0.25, 0.3) is 0 Å². The Morgan fingerprint density at radius 2 is 2.05 bits per heavy atom. The predicted molar refractivity (Wildman–Crippen MR) is 86.9 cm³/mol. The van der Waals surface area contributed by atoms with E-state index in [-0.39, 0.29) is 24.5 Å². The summed E-state index contributed by atoms with van der Waals surface area (Å²) >= 11 is 0. The highest BCUT2D eigenvalue weighted by molar-refractivity contribution is 5.95. The summed E-state index contributed by atoms with van der Waals surface area (Å²) < 4.78 is 5.36. The van der Waals surface area contributed by atoms with E-state index in [4.69, 9.17) is 10.5 Å². The molecule has 6 nitrogen and oxygen atoms in total. The van der Waals surface area contributed by atoms with E-state index in [0.717, 1.165) is 12.8 Å². The number of benzene rings is 1. The van der Waals surface area contributed by atoms with Gasteiger partial charge in [0.05, 0.1) is 5.69 Å². The Kier molecular flexibility index (Phi) is 7.22. The average molecular weight is 307 g/mol. The third-order valence-electron chi connectivity index (χ3n) is 3.19. The van der Waals surface area contributed by atoms with Crippen molar-refractivity contribution in [1.82, 2.24) is 10.6 Å². The summed E-state index contributed by atoms with van der Waals surface area (Å²) in [4.78, 5) is 23.5. The molecule has 0 bridgehead atoms. The molecule has 2 amide bonds. The number of anilines is 1. The number of amides is 2. The first-order valence-corrected chi connectivity index (χ1v) is 7.57. The molecule has 1 unspecified atom stereocenters. The van der Waals surface area contributed by atoms with Gasteiger partial charge < -0.3 is 21.1 Å². The molecule has 0 spiro atoms. The molecule has 0 aromatic heterocycles. The molecule has 0 aliphatic rings. The van der Waals surface area contributed by atoms with Gasteiger partial charge in [0.15, 0.2) is 6.61 Å². The molecule has 6 heteroatoms. The standard InChI is InChI=1S/C16H25N3O3/c1-4-8-18-15(20)10-22-14-7-6-12(9-13(14)17)16(21)19-11(3)5-2/h6-7,9,11H,4-5,8,10,17H2,1-3H3,(H,18,20)(H,19,21). The van der Waals surface area contributed by atoms with Crippen LogP contribution in [-0.2, 0) is 4.79 Å². The van der Waals surface area contributed by atoms with Crippen molar-refractivity contribution in [3.63, 3.8) is 0 Å². The van der Waals surface area contributed by atoms with Gasteiger partial charge in [-0.25, -0.2) is 0 Å². The van der Waals surface area contributed by atoms with E-state index in [9.17, 15) is 9.59 Å². The number of carbonyl (C=O) groups excluding carboxylic acids is 2. The quantitative estimate of drug-likeness (QED) is 0.637. The maximum absolute atomic E-state index is 12.0. The molecule has 1 aromatic carbocycles. The Morgan fingerprint density at radius 3 is 2.64 bits per heavy atom. The van der Waals surface area contributed by atoms with Gasteiger partial charge in [-0.3, -0.25) is 9.59 Å². The lowest BCUT2D eigenvalue weighted by molar-refractivity contribution is -0.123. The number of nitrogen functional groups attached to an aromatic ring is 1. The molecule has 0 radical (unpaired) electrons. The van der Waals surface area contributed by atoms with Crippen LogP contribution >= 0.6 is 0 Å². The summed E-state index contributed by atoms with van der Waals surface area (Å²) in [7, 11) is 0. The summed E-state index contributed by atoms with van der Waals surface area (Å²) in [6.07, 6.45) is 1.73. The van der Waals surface area contributed by atoms with E-state index >= 15 is 0 Å². The van der Waals surface area contributed by atoms with Gasteiger partial charge in [-0.15, -0.1) is 0 Å². The molecule has 0 saturated heterocycles. The highest BCUT2D eigenvalue weighted by Crippen LogP contribution is 2.22. The molecule has 122 valence electrons. The first-order valence-electron chi connectivity index (χ1n) is 7.57. The van der Waals surface area contributed by atoms with Gasteiger partial charge in [-0.05, 0) is 38.0 Å². The summed E-state index contributed by atoms with van der Waals surface area (Å²) in [5, 5.41) is 5.58. The number of nitrogens with two attached hydrogens (primary N) is 1. The summed E-state index contributed by atoms with van der Waals surface area (Å²) in [5.74, 6) is 0.0277. The second-order valence-corrected chi connectivity index (χ2v) is 5.17. The van der Waals surface area contributed by atoms with Crippen LogP contribution in [-0.4, -0.2) is 31.0 Å². The number of carbonyl (C=O) groups is 2. The van der Waals surface area contributed by atoms with Crippen LogP contribution in [0.3, 0.4) is 0 Å². The third kappa shape index (κ3) is 5.63. The van der Waals surface area contributed by atoms with Crippen LogP contribution in [0.4, 0.5) is 5.69 Å². The Balaban J connectivity index is 2.62. The topological polar surface area (TPSA) is 93.4 Å². The average Bonchev–Trinajstić information content (AvgIpc) is 2.51. The van der Waals surface area contributed by atoms with Crippen LogP contribution in [0, 0.1) is 0 Å². The maximum Gasteiger partial charge on any atom is 0.257 e. The normalized spacial score (nSPS) is 11.6. The number of hydrogen-bond acceptors (Lipinski definition) is 4. The molecule has 0 fully saturated rings. The molecule has 22 heavy (non-hydrogen) atoms. The van der Waals surface area contributed by atoms with Crippen molar-refractivity contribution >= 4 is 17.5 Å². The van der Waals surface area contributed by atoms with Gasteiger partial charge in [0, 0.05) is 18.2 Å². The summed E-state index contributed by atoms with van der Waals surface area (Å²) in [6, 6.07) is 4.89. The van der Waals surface area contributed by atoms with Crippen LogP contribution < -0.4 is 21.1 Å². The molecule has 0 heterocycles. The van der Waals surface area contributed by atoms with Crippen LogP contribution in [0.5, 0.6) is 5.75 Å². The lowest BCUT2D eigenvalue weighted by Gasteiger charge is -2.13. The van der Waals surface area contributed by atoms with Crippen molar-refractivity contribution < 1.29 is 14.3 Å². The molecule has 0 aliphatic carbocycles. The van der Waals surface area contributed by atoms with Gasteiger partial charge in [0.1, 0.15) is 5.75 Å². The van der Waals surface area contributed by atoms with Crippen LogP contribution in [0.15, 0.2) is 18.2 Å². The zero-order valence-electron chi connectivity index (χ0n) is 13.4. The van der Waals surface area contributed by atoms with Crippen molar-refractivity contribution in [3.05, 3.63) is 23.8 Å². The van der Waals surface area contributed by atoms with E-state index in [2.05, 4.69) is 10.6 Å². The Bertz CT molecular complexity index is 517. The van der Waals surface area contributed by atoms with Crippen LogP contribution in [0.2, 0.25) is 0 Å². The van der Waals surface area contributed by atoms with E-state index in [1.807, 2.05) is 20.8 Å². The van der Waals surface area contributed by atoms with Gasteiger partial charge in [0.25, 0.3) is 11.8 Å². The highest BCUT2D eigenvalue weighted by atomic mass is 16.5. The maximum atomic E-state index is 12.0. The van der Waals surface area contributed by atoms with E-state index in [1.165, 1.54) is 0 Å². The van der Waals surface area contributed by atoms with E-state index in [1.54, 1.807) is 18.2 Å². The largest absolute Gasteiger partial charge is 0.482 e. The van der Waals surface area contributed by atoms with Gasteiger partial charge in [0.2, 0.25) is 0 Å². The van der Waals surface area contributed by atoms with Crippen molar-refractivity contribution in [3.8, 4) is 5.75 Å².